The largest absolute Gasteiger partial charge is 0.479 e. The molecule has 0 aliphatic rings. The minimum absolute atomic E-state index is 0.181. The van der Waals surface area contributed by atoms with E-state index in [-0.39, 0.29) is 10.7 Å². The molecule has 0 fully saturated rings. The Morgan fingerprint density at radius 1 is 1.30 bits per heavy atom. The topological polar surface area (TPSA) is 75.4 Å². The first kappa shape index (κ1) is 17.3. The lowest BCUT2D eigenvalue weighted by Crippen LogP contribution is -2.36. The molecule has 0 spiro atoms. The summed E-state index contributed by atoms with van der Waals surface area (Å²) < 4.78 is 1.59. The van der Waals surface area contributed by atoms with Crippen LogP contribution in [0, 0.1) is 0 Å². The number of hydrogen-bond donors (Lipinski definition) is 1. The van der Waals surface area contributed by atoms with E-state index in [0.29, 0.717) is 17.1 Å². The highest BCUT2D eigenvalue weighted by Crippen LogP contribution is 2.28. The van der Waals surface area contributed by atoms with Crippen molar-refractivity contribution in [1.29, 1.82) is 0 Å². The summed E-state index contributed by atoms with van der Waals surface area (Å²) >= 11 is 11.8. The maximum atomic E-state index is 12.5. The molecule has 0 aliphatic heterocycles. The van der Waals surface area contributed by atoms with Gasteiger partial charge in [-0.3, -0.25) is 9.48 Å². The van der Waals surface area contributed by atoms with E-state index in [4.69, 9.17) is 23.2 Å². The summed E-state index contributed by atoms with van der Waals surface area (Å²) in [5.74, 6) is -1.66. The fraction of sp³-hybridized carbons (Fsp3) is 0.267. The second-order valence-electron chi connectivity index (χ2n) is 4.89. The highest BCUT2D eigenvalue weighted by Gasteiger charge is 2.30. The van der Waals surface area contributed by atoms with E-state index in [1.165, 1.54) is 25.2 Å². The highest BCUT2D eigenvalue weighted by atomic mass is 35.5. The molecular weight excluding hydrogens is 341 g/mol. The summed E-state index contributed by atoms with van der Waals surface area (Å²) in [5, 5.41) is 14.2. The molecule has 1 amide bonds. The van der Waals surface area contributed by atoms with E-state index in [2.05, 4.69) is 5.10 Å². The number of hydrogen-bond acceptors (Lipinski definition) is 3. The lowest BCUT2D eigenvalue weighted by atomic mass is 10.1. The van der Waals surface area contributed by atoms with Gasteiger partial charge in [-0.2, -0.15) is 5.10 Å². The number of aliphatic carboxylic acids is 1. The van der Waals surface area contributed by atoms with Gasteiger partial charge in [0.25, 0.3) is 5.91 Å². The SMILES string of the molecule is CCn1ccc(C(=O)N(C)C(C(=O)O)c2ccc(Cl)c(Cl)c2)n1. The van der Waals surface area contributed by atoms with Crippen LogP contribution in [0.5, 0.6) is 0 Å². The first-order valence-corrected chi connectivity index (χ1v) is 7.59. The van der Waals surface area contributed by atoms with Gasteiger partial charge >= 0.3 is 5.97 Å². The van der Waals surface area contributed by atoms with Crippen LogP contribution in [-0.2, 0) is 11.3 Å². The van der Waals surface area contributed by atoms with Crippen molar-refractivity contribution in [2.45, 2.75) is 19.5 Å². The lowest BCUT2D eigenvalue weighted by Gasteiger charge is -2.24. The molecule has 2 aromatic rings. The van der Waals surface area contributed by atoms with Crippen LogP contribution in [0.15, 0.2) is 30.5 Å². The number of carboxylic acid groups (broad SMARTS) is 1. The zero-order chi connectivity index (χ0) is 17.1. The number of carbonyl (C=O) groups excluding carboxylic acids is 1. The third-order valence-electron chi connectivity index (χ3n) is 3.38. The van der Waals surface area contributed by atoms with Crippen LogP contribution in [0.2, 0.25) is 10.0 Å². The Labute approximate surface area is 143 Å². The minimum Gasteiger partial charge on any atom is -0.479 e. The third kappa shape index (κ3) is 3.65. The van der Waals surface area contributed by atoms with Crippen molar-refractivity contribution in [2.24, 2.45) is 0 Å². The Balaban J connectivity index is 2.34. The second-order valence-corrected chi connectivity index (χ2v) is 5.70. The number of nitrogens with zero attached hydrogens (tertiary/aromatic N) is 3. The van der Waals surface area contributed by atoms with E-state index in [0.717, 1.165) is 4.90 Å². The number of benzene rings is 1. The van der Waals surface area contributed by atoms with Crippen molar-refractivity contribution in [3.05, 3.63) is 51.8 Å². The molecule has 1 aromatic carbocycles. The standard InChI is InChI=1S/C15H15Cl2N3O3/c1-3-20-7-6-12(18-20)14(21)19(2)13(15(22)23)9-4-5-10(16)11(17)8-9/h4-8,13H,3H2,1-2H3,(H,22,23). The molecule has 8 heteroatoms. The normalized spacial score (nSPS) is 12.0. The predicted octanol–water partition coefficient (Wildman–Crippen LogP) is 3.11. The number of amides is 1. The first-order valence-electron chi connectivity index (χ1n) is 6.83. The number of rotatable bonds is 5. The molecule has 23 heavy (non-hydrogen) atoms. The fourth-order valence-corrected chi connectivity index (χ4v) is 2.47. The van der Waals surface area contributed by atoms with Crippen LogP contribution in [0.1, 0.15) is 29.0 Å². The first-order chi connectivity index (χ1) is 10.8. The molecule has 6 nitrogen and oxygen atoms in total. The van der Waals surface area contributed by atoms with Crippen molar-refractivity contribution in [3.8, 4) is 0 Å². The average molecular weight is 356 g/mol. The molecule has 0 radical (unpaired) electrons. The van der Waals surface area contributed by atoms with Gasteiger partial charge in [0.1, 0.15) is 5.69 Å². The van der Waals surface area contributed by atoms with E-state index in [1.54, 1.807) is 16.9 Å². The predicted molar refractivity (Wildman–Crippen MR) is 86.8 cm³/mol. The molecule has 0 saturated carbocycles. The molecule has 2 rings (SSSR count). The van der Waals surface area contributed by atoms with E-state index in [1.807, 2.05) is 6.92 Å². The van der Waals surface area contributed by atoms with Crippen LogP contribution >= 0.6 is 23.2 Å². The summed E-state index contributed by atoms with van der Waals surface area (Å²) in [6, 6.07) is 4.83. The molecule has 0 bridgehead atoms. The Morgan fingerprint density at radius 3 is 2.52 bits per heavy atom. The van der Waals surface area contributed by atoms with E-state index in [9.17, 15) is 14.7 Å². The minimum atomic E-state index is -1.19. The lowest BCUT2D eigenvalue weighted by molar-refractivity contribution is -0.142. The van der Waals surface area contributed by atoms with Crippen LogP contribution in [0.3, 0.4) is 0 Å². The molecule has 1 atom stereocenters. The van der Waals surface area contributed by atoms with Gasteiger partial charge < -0.3 is 10.0 Å². The van der Waals surface area contributed by atoms with Crippen molar-refractivity contribution >= 4 is 35.1 Å². The molecule has 1 heterocycles. The summed E-state index contributed by atoms with van der Waals surface area (Å²) in [6.07, 6.45) is 1.66. The fourth-order valence-electron chi connectivity index (χ4n) is 2.16. The van der Waals surface area contributed by atoms with Gasteiger partial charge in [-0.15, -0.1) is 0 Å². The maximum absolute atomic E-state index is 12.5. The van der Waals surface area contributed by atoms with Crippen molar-refractivity contribution in [2.75, 3.05) is 7.05 Å². The summed E-state index contributed by atoms with van der Waals surface area (Å²) in [7, 11) is 1.41. The maximum Gasteiger partial charge on any atom is 0.331 e. The number of carbonyl (C=O) groups is 2. The molecule has 1 aromatic heterocycles. The highest BCUT2D eigenvalue weighted by molar-refractivity contribution is 6.42. The van der Waals surface area contributed by atoms with Gasteiger partial charge in [0.15, 0.2) is 6.04 Å². The Bertz CT molecular complexity index is 745. The summed E-state index contributed by atoms with van der Waals surface area (Å²) in [6.45, 7) is 2.51. The van der Waals surface area contributed by atoms with Crippen molar-refractivity contribution in [1.82, 2.24) is 14.7 Å². The molecule has 0 aliphatic carbocycles. The Morgan fingerprint density at radius 2 is 2.00 bits per heavy atom. The van der Waals surface area contributed by atoms with Gasteiger partial charge in [-0.05, 0) is 30.7 Å². The van der Waals surface area contributed by atoms with E-state index < -0.39 is 17.9 Å². The van der Waals surface area contributed by atoms with Crippen LogP contribution in [0.25, 0.3) is 0 Å². The monoisotopic (exact) mass is 355 g/mol. The van der Waals surface area contributed by atoms with Gasteiger partial charge in [-0.25, -0.2) is 4.79 Å². The number of carboxylic acids is 1. The average Bonchev–Trinajstić information content (AvgIpc) is 2.98. The molecule has 122 valence electrons. The van der Waals surface area contributed by atoms with Gasteiger partial charge in [-0.1, -0.05) is 29.3 Å². The molecule has 1 N–H and O–H groups in total. The van der Waals surface area contributed by atoms with Crippen LogP contribution in [-0.4, -0.2) is 38.7 Å². The number of likely N-dealkylation sites (N-methyl/N-ethyl adjacent to an activating group) is 1. The van der Waals surface area contributed by atoms with Gasteiger partial charge in [0.05, 0.1) is 10.0 Å². The zero-order valence-corrected chi connectivity index (χ0v) is 14.0. The van der Waals surface area contributed by atoms with E-state index >= 15 is 0 Å². The summed E-state index contributed by atoms with van der Waals surface area (Å²) in [5.41, 5.74) is 0.540. The van der Waals surface area contributed by atoms with Gasteiger partial charge in [0.2, 0.25) is 0 Å². The third-order valence-corrected chi connectivity index (χ3v) is 4.12. The zero-order valence-electron chi connectivity index (χ0n) is 12.5. The van der Waals surface area contributed by atoms with Crippen LogP contribution in [0.4, 0.5) is 0 Å². The quantitative estimate of drug-likeness (QED) is 0.893. The van der Waals surface area contributed by atoms with Crippen molar-refractivity contribution < 1.29 is 14.7 Å². The number of halogens is 2. The van der Waals surface area contributed by atoms with Crippen LogP contribution < -0.4 is 0 Å². The van der Waals surface area contributed by atoms with Gasteiger partial charge in [0, 0.05) is 19.8 Å². The Kier molecular flexibility index (Phi) is 5.28. The molecule has 0 saturated heterocycles. The number of aromatic nitrogens is 2. The summed E-state index contributed by atoms with van der Waals surface area (Å²) in [4.78, 5) is 25.2. The Hall–Kier alpha value is -2.05. The smallest absolute Gasteiger partial charge is 0.331 e. The molecular formula is C15H15Cl2N3O3. The molecule has 1 unspecified atom stereocenters. The second kappa shape index (κ2) is 7.02. The number of aryl methyl sites for hydroxylation is 1. The van der Waals surface area contributed by atoms with Crippen molar-refractivity contribution in [3.63, 3.8) is 0 Å².